The molecule has 0 aliphatic carbocycles. The van der Waals surface area contributed by atoms with Crippen molar-refractivity contribution in [1.82, 2.24) is 25.1 Å². The first kappa shape index (κ1) is 14.7. The minimum Gasteiger partial charge on any atom is -0.484 e. The van der Waals surface area contributed by atoms with Gasteiger partial charge in [0, 0.05) is 18.0 Å². The predicted molar refractivity (Wildman–Crippen MR) is 82.3 cm³/mol. The highest BCUT2D eigenvalue weighted by Crippen LogP contribution is 2.15. The summed E-state index contributed by atoms with van der Waals surface area (Å²) in [4.78, 5) is 12.4. The van der Waals surface area contributed by atoms with Gasteiger partial charge in [-0.15, -0.1) is 10.2 Å². The first-order valence-electron chi connectivity index (χ1n) is 6.51. The average Bonchev–Trinajstić information content (AvgIpc) is 3.08. The number of nitrogens with one attached hydrogen (secondary N) is 1. The van der Waals surface area contributed by atoms with Gasteiger partial charge in [-0.05, 0) is 24.3 Å². The summed E-state index contributed by atoms with van der Waals surface area (Å²) in [5, 5.41) is 16.2. The van der Waals surface area contributed by atoms with Crippen LogP contribution in [0.5, 0.6) is 5.75 Å². The molecule has 114 valence electrons. The summed E-state index contributed by atoms with van der Waals surface area (Å²) in [7, 11) is 0. The summed E-state index contributed by atoms with van der Waals surface area (Å²) in [5.74, 6) is 0.422. The summed E-state index contributed by atoms with van der Waals surface area (Å²) in [6.07, 6.45) is 2.19. The van der Waals surface area contributed by atoms with Crippen LogP contribution in [-0.2, 0) is 11.2 Å². The van der Waals surface area contributed by atoms with Gasteiger partial charge in [-0.3, -0.25) is 4.79 Å². The van der Waals surface area contributed by atoms with E-state index in [1.54, 1.807) is 35.1 Å². The van der Waals surface area contributed by atoms with E-state index in [0.717, 1.165) is 9.97 Å². The van der Waals surface area contributed by atoms with E-state index >= 15 is 0 Å². The molecule has 0 radical (unpaired) electrons. The third kappa shape index (κ3) is 3.71. The molecule has 0 fully saturated rings. The van der Waals surface area contributed by atoms with Crippen molar-refractivity contribution in [2.45, 2.75) is 6.42 Å². The van der Waals surface area contributed by atoms with Crippen LogP contribution in [0.15, 0.2) is 30.6 Å². The number of ether oxygens (including phenoxy) is 1. The van der Waals surface area contributed by atoms with Crippen LogP contribution < -0.4 is 10.1 Å². The molecule has 0 atom stereocenters. The molecule has 0 unspecified atom stereocenters. The third-order valence-corrected chi connectivity index (χ3v) is 4.00. The molecule has 3 aromatic rings. The molecular weight excluding hydrogens is 326 g/mol. The minimum absolute atomic E-state index is 0.0350. The molecule has 7 nitrogen and oxygen atoms in total. The summed E-state index contributed by atoms with van der Waals surface area (Å²) in [5.41, 5.74) is 0. The number of hydrogen-bond acceptors (Lipinski definition) is 6. The minimum atomic E-state index is -0.182. The average molecular weight is 338 g/mol. The Hall–Kier alpha value is -2.19. The second kappa shape index (κ2) is 6.71. The van der Waals surface area contributed by atoms with Gasteiger partial charge >= 0.3 is 0 Å². The maximum atomic E-state index is 11.7. The molecule has 3 rings (SSSR count). The van der Waals surface area contributed by atoms with Crippen LogP contribution in [0.25, 0.3) is 4.96 Å². The van der Waals surface area contributed by atoms with Crippen LogP contribution in [0.2, 0.25) is 5.02 Å². The quantitative estimate of drug-likeness (QED) is 0.738. The van der Waals surface area contributed by atoms with Crippen molar-refractivity contribution < 1.29 is 9.53 Å². The molecule has 1 aromatic carbocycles. The monoisotopic (exact) mass is 337 g/mol. The maximum absolute atomic E-state index is 11.7. The number of carbonyl (C=O) groups excluding carboxylic acids is 1. The number of rotatable bonds is 6. The van der Waals surface area contributed by atoms with Crippen molar-refractivity contribution in [3.8, 4) is 5.75 Å². The van der Waals surface area contributed by atoms with Crippen molar-refractivity contribution in [2.75, 3.05) is 13.2 Å². The number of halogens is 1. The lowest BCUT2D eigenvalue weighted by Gasteiger charge is -2.06. The number of nitrogens with zero attached hydrogens (tertiary/aromatic N) is 4. The highest BCUT2D eigenvalue weighted by atomic mass is 35.5. The van der Waals surface area contributed by atoms with Crippen LogP contribution in [0.1, 0.15) is 5.01 Å². The largest absolute Gasteiger partial charge is 0.484 e. The summed E-state index contributed by atoms with van der Waals surface area (Å²) >= 11 is 7.22. The second-order valence-corrected chi connectivity index (χ2v) is 5.87. The van der Waals surface area contributed by atoms with Gasteiger partial charge in [-0.2, -0.15) is 9.61 Å². The smallest absolute Gasteiger partial charge is 0.257 e. The maximum Gasteiger partial charge on any atom is 0.257 e. The highest BCUT2D eigenvalue weighted by Gasteiger charge is 2.07. The Morgan fingerprint density at radius 3 is 2.95 bits per heavy atom. The molecule has 0 saturated heterocycles. The van der Waals surface area contributed by atoms with Gasteiger partial charge in [-0.1, -0.05) is 22.9 Å². The molecule has 0 bridgehead atoms. The van der Waals surface area contributed by atoms with Gasteiger partial charge < -0.3 is 10.1 Å². The van der Waals surface area contributed by atoms with Crippen LogP contribution in [0.4, 0.5) is 0 Å². The molecular formula is C13H12ClN5O2S. The lowest BCUT2D eigenvalue weighted by Crippen LogP contribution is -2.30. The molecule has 0 saturated carbocycles. The van der Waals surface area contributed by atoms with Gasteiger partial charge in [-0.25, -0.2) is 0 Å². The van der Waals surface area contributed by atoms with Gasteiger partial charge in [0.25, 0.3) is 5.91 Å². The topological polar surface area (TPSA) is 81.4 Å². The molecule has 2 aromatic heterocycles. The Morgan fingerprint density at radius 1 is 1.36 bits per heavy atom. The number of fused-ring (bicyclic) bond motifs is 1. The lowest BCUT2D eigenvalue weighted by molar-refractivity contribution is -0.123. The summed E-state index contributed by atoms with van der Waals surface area (Å²) in [6.45, 7) is 0.458. The van der Waals surface area contributed by atoms with Crippen molar-refractivity contribution in [3.05, 3.63) is 40.6 Å². The third-order valence-electron chi connectivity index (χ3n) is 2.77. The predicted octanol–water partition coefficient (Wildman–Crippen LogP) is 1.58. The van der Waals surface area contributed by atoms with Gasteiger partial charge in [0.15, 0.2) is 6.61 Å². The number of carbonyl (C=O) groups is 1. The highest BCUT2D eigenvalue weighted by molar-refractivity contribution is 7.16. The van der Waals surface area contributed by atoms with Crippen LogP contribution in [-0.4, -0.2) is 38.9 Å². The number of benzene rings is 1. The Bertz CT molecular complexity index is 742. The van der Waals surface area contributed by atoms with E-state index in [0.29, 0.717) is 23.7 Å². The standard InChI is InChI=1S/C13H12ClN5O2S/c14-9-1-3-10(4-2-9)21-7-11(20)15-6-5-12-18-19-8-16-17-13(19)22-12/h1-4,8H,5-7H2,(H,15,20). The number of aromatic nitrogens is 4. The molecule has 1 amide bonds. The van der Waals surface area contributed by atoms with Crippen molar-refractivity contribution in [1.29, 1.82) is 0 Å². The van der Waals surface area contributed by atoms with Crippen molar-refractivity contribution in [3.63, 3.8) is 0 Å². The normalized spacial score (nSPS) is 10.8. The van der Waals surface area contributed by atoms with E-state index in [2.05, 4.69) is 20.6 Å². The lowest BCUT2D eigenvalue weighted by atomic mass is 10.3. The SMILES string of the molecule is O=C(COc1ccc(Cl)cc1)NCCc1nn2cnnc2s1. The fourth-order valence-electron chi connectivity index (χ4n) is 1.74. The molecule has 0 aliphatic heterocycles. The molecule has 0 spiro atoms. The van der Waals surface area contributed by atoms with Crippen molar-refractivity contribution >= 4 is 33.8 Å². The van der Waals surface area contributed by atoms with Gasteiger partial charge in [0.05, 0.1) is 0 Å². The van der Waals surface area contributed by atoms with E-state index in [1.807, 2.05) is 0 Å². The van der Waals surface area contributed by atoms with Crippen LogP contribution in [0, 0.1) is 0 Å². The first-order valence-corrected chi connectivity index (χ1v) is 7.71. The molecule has 2 heterocycles. The first-order chi connectivity index (χ1) is 10.7. The number of amides is 1. The Balaban J connectivity index is 1.40. The van der Waals surface area contributed by atoms with Gasteiger partial charge in [0.2, 0.25) is 4.96 Å². The fraction of sp³-hybridized carbons (Fsp3) is 0.231. The molecule has 9 heteroatoms. The summed E-state index contributed by atoms with van der Waals surface area (Å²) in [6, 6.07) is 6.86. The molecule has 1 N–H and O–H groups in total. The van der Waals surface area contributed by atoms with E-state index in [1.165, 1.54) is 11.3 Å². The van der Waals surface area contributed by atoms with Crippen LogP contribution in [0.3, 0.4) is 0 Å². The van der Waals surface area contributed by atoms with Gasteiger partial charge in [0.1, 0.15) is 17.1 Å². The summed E-state index contributed by atoms with van der Waals surface area (Å²) < 4.78 is 6.97. The zero-order valence-electron chi connectivity index (χ0n) is 11.4. The van der Waals surface area contributed by atoms with E-state index < -0.39 is 0 Å². The molecule has 0 aliphatic rings. The van der Waals surface area contributed by atoms with E-state index in [-0.39, 0.29) is 12.5 Å². The van der Waals surface area contributed by atoms with E-state index in [4.69, 9.17) is 16.3 Å². The Labute approximate surface area is 134 Å². The fourth-order valence-corrected chi connectivity index (χ4v) is 2.68. The Morgan fingerprint density at radius 2 is 2.18 bits per heavy atom. The Kier molecular flexibility index (Phi) is 4.50. The zero-order valence-corrected chi connectivity index (χ0v) is 13.0. The molecule has 22 heavy (non-hydrogen) atoms. The van der Waals surface area contributed by atoms with Crippen molar-refractivity contribution in [2.24, 2.45) is 0 Å². The second-order valence-electron chi connectivity index (χ2n) is 4.40. The van der Waals surface area contributed by atoms with Crippen LogP contribution >= 0.6 is 22.9 Å². The number of hydrogen-bond donors (Lipinski definition) is 1. The zero-order chi connectivity index (χ0) is 15.4. The van der Waals surface area contributed by atoms with E-state index in [9.17, 15) is 4.79 Å².